The molecule has 2 aromatic carbocycles. The molecule has 9 nitrogen and oxygen atoms in total. The number of aromatic nitrogens is 2. The van der Waals surface area contributed by atoms with E-state index in [0.717, 1.165) is 0 Å². The van der Waals surface area contributed by atoms with E-state index in [1.807, 2.05) is 0 Å². The molecule has 0 aliphatic carbocycles. The molecule has 9 heteroatoms. The number of phenolic OH excluding ortho intramolecular Hbond substituents is 2. The molecular weight excluding hydrogens is 338 g/mol. The first-order valence-corrected chi connectivity index (χ1v) is 7.57. The maximum absolute atomic E-state index is 11.4. The fourth-order valence-electron chi connectivity index (χ4n) is 2.28. The number of hydrogen-bond donors (Lipinski definition) is 4. The van der Waals surface area contributed by atoms with Gasteiger partial charge >= 0.3 is 5.69 Å². The van der Waals surface area contributed by atoms with Crippen molar-refractivity contribution in [3.8, 4) is 11.5 Å². The van der Waals surface area contributed by atoms with Crippen molar-refractivity contribution in [3.63, 3.8) is 0 Å². The molecule has 0 amide bonds. The molecule has 1 heterocycles. The van der Waals surface area contributed by atoms with Gasteiger partial charge in [-0.15, -0.1) is 0 Å². The molecule has 0 saturated heterocycles. The molecule has 0 aliphatic heterocycles. The van der Waals surface area contributed by atoms with Crippen LogP contribution in [0.1, 0.15) is 5.69 Å². The SMILES string of the molecule is Cc1nc(Nc2ccc(O)cc2)nc(Nc2ccc(O)cc2)c1[N+](=O)[O-]. The number of nitro groups is 1. The highest BCUT2D eigenvalue weighted by molar-refractivity contribution is 5.69. The number of nitrogens with one attached hydrogen (secondary N) is 2. The van der Waals surface area contributed by atoms with Crippen molar-refractivity contribution in [1.82, 2.24) is 9.97 Å². The average molecular weight is 353 g/mol. The third-order valence-corrected chi connectivity index (χ3v) is 3.49. The molecule has 0 radical (unpaired) electrons. The molecule has 4 N–H and O–H groups in total. The first kappa shape index (κ1) is 17.0. The van der Waals surface area contributed by atoms with Gasteiger partial charge in [-0.05, 0) is 55.5 Å². The second-order valence-corrected chi connectivity index (χ2v) is 5.43. The zero-order chi connectivity index (χ0) is 18.7. The van der Waals surface area contributed by atoms with E-state index < -0.39 is 4.92 Å². The van der Waals surface area contributed by atoms with Crippen molar-refractivity contribution in [2.45, 2.75) is 6.92 Å². The van der Waals surface area contributed by atoms with Crippen LogP contribution in [-0.4, -0.2) is 25.1 Å². The van der Waals surface area contributed by atoms with Gasteiger partial charge in [-0.3, -0.25) is 10.1 Å². The lowest BCUT2D eigenvalue weighted by atomic mass is 10.3. The largest absolute Gasteiger partial charge is 0.508 e. The van der Waals surface area contributed by atoms with E-state index in [1.54, 1.807) is 24.3 Å². The Morgan fingerprint density at radius 1 is 0.885 bits per heavy atom. The van der Waals surface area contributed by atoms with Gasteiger partial charge in [-0.2, -0.15) is 4.98 Å². The number of nitrogens with zero attached hydrogens (tertiary/aromatic N) is 3. The molecular formula is C17H15N5O4. The first-order chi connectivity index (χ1) is 12.4. The van der Waals surface area contributed by atoms with Gasteiger partial charge in [0.25, 0.3) is 0 Å². The normalized spacial score (nSPS) is 10.3. The lowest BCUT2D eigenvalue weighted by Gasteiger charge is -2.11. The molecule has 0 bridgehead atoms. The van der Waals surface area contributed by atoms with Crippen LogP contribution in [0.25, 0.3) is 0 Å². The monoisotopic (exact) mass is 353 g/mol. The number of hydrogen-bond acceptors (Lipinski definition) is 8. The minimum atomic E-state index is -0.553. The van der Waals surface area contributed by atoms with Crippen LogP contribution in [0, 0.1) is 17.0 Å². The highest BCUT2D eigenvalue weighted by Crippen LogP contribution is 2.30. The Hall–Kier alpha value is -3.88. The van der Waals surface area contributed by atoms with E-state index in [1.165, 1.54) is 31.2 Å². The Morgan fingerprint density at radius 3 is 1.88 bits per heavy atom. The summed E-state index contributed by atoms with van der Waals surface area (Å²) < 4.78 is 0. The number of aryl methyl sites for hydroxylation is 1. The Kier molecular flexibility index (Phi) is 4.52. The van der Waals surface area contributed by atoms with Gasteiger partial charge < -0.3 is 20.8 Å². The third-order valence-electron chi connectivity index (χ3n) is 3.49. The Balaban J connectivity index is 1.97. The van der Waals surface area contributed by atoms with Crippen LogP contribution in [-0.2, 0) is 0 Å². The molecule has 0 atom stereocenters. The predicted octanol–water partition coefficient (Wildman–Crippen LogP) is 3.59. The van der Waals surface area contributed by atoms with Gasteiger partial charge in [0.2, 0.25) is 11.8 Å². The molecule has 0 aliphatic rings. The average Bonchev–Trinajstić information content (AvgIpc) is 2.58. The summed E-state index contributed by atoms with van der Waals surface area (Å²) in [7, 11) is 0. The van der Waals surface area contributed by atoms with E-state index in [4.69, 9.17) is 0 Å². The summed E-state index contributed by atoms with van der Waals surface area (Å²) in [4.78, 5) is 19.2. The summed E-state index contributed by atoms with van der Waals surface area (Å²) in [6.45, 7) is 1.52. The van der Waals surface area contributed by atoms with Gasteiger partial charge in [-0.25, -0.2) is 4.98 Å². The van der Waals surface area contributed by atoms with Crippen molar-refractivity contribution >= 4 is 28.8 Å². The molecule has 0 unspecified atom stereocenters. The van der Waals surface area contributed by atoms with Crippen LogP contribution >= 0.6 is 0 Å². The molecule has 0 saturated carbocycles. The molecule has 0 fully saturated rings. The van der Waals surface area contributed by atoms with Crippen molar-refractivity contribution in [2.24, 2.45) is 0 Å². The highest BCUT2D eigenvalue weighted by atomic mass is 16.6. The summed E-state index contributed by atoms with van der Waals surface area (Å²) in [6.07, 6.45) is 0. The minimum absolute atomic E-state index is 0.0227. The van der Waals surface area contributed by atoms with Gasteiger partial charge in [0.1, 0.15) is 17.2 Å². The fourth-order valence-corrected chi connectivity index (χ4v) is 2.28. The Bertz CT molecular complexity index is 943. The van der Waals surface area contributed by atoms with Crippen LogP contribution in [0.4, 0.5) is 28.8 Å². The number of rotatable bonds is 5. The zero-order valence-corrected chi connectivity index (χ0v) is 13.7. The predicted molar refractivity (Wildman–Crippen MR) is 96.2 cm³/mol. The summed E-state index contributed by atoms with van der Waals surface area (Å²) in [5, 5.41) is 35.9. The van der Waals surface area contributed by atoms with Crippen molar-refractivity contribution < 1.29 is 15.1 Å². The number of anilines is 4. The van der Waals surface area contributed by atoms with E-state index in [0.29, 0.717) is 11.4 Å². The van der Waals surface area contributed by atoms with Gasteiger partial charge in [0.15, 0.2) is 0 Å². The van der Waals surface area contributed by atoms with Crippen LogP contribution < -0.4 is 10.6 Å². The van der Waals surface area contributed by atoms with Crippen LogP contribution in [0.5, 0.6) is 11.5 Å². The van der Waals surface area contributed by atoms with E-state index in [-0.39, 0.29) is 34.6 Å². The minimum Gasteiger partial charge on any atom is -0.508 e. The van der Waals surface area contributed by atoms with Crippen molar-refractivity contribution in [3.05, 3.63) is 64.3 Å². The molecule has 3 aromatic rings. The lowest BCUT2D eigenvalue weighted by molar-refractivity contribution is -0.385. The fraction of sp³-hybridized carbons (Fsp3) is 0.0588. The standard InChI is InChI=1S/C17H15N5O4/c1-10-15(22(25)26)16(19-11-2-6-13(23)7-3-11)21-17(18-10)20-12-4-8-14(24)9-5-12/h2-9,23-24H,1H3,(H2,18,19,20,21). The Morgan fingerprint density at radius 2 is 1.38 bits per heavy atom. The van der Waals surface area contributed by atoms with E-state index in [9.17, 15) is 20.3 Å². The first-order valence-electron chi connectivity index (χ1n) is 7.57. The summed E-state index contributed by atoms with van der Waals surface area (Å²) >= 11 is 0. The Labute approximate surface area is 148 Å². The lowest BCUT2D eigenvalue weighted by Crippen LogP contribution is -2.07. The summed E-state index contributed by atoms with van der Waals surface area (Å²) in [5.41, 5.74) is 1.09. The molecule has 1 aromatic heterocycles. The summed E-state index contributed by atoms with van der Waals surface area (Å²) in [5.74, 6) is 0.388. The number of benzene rings is 2. The highest BCUT2D eigenvalue weighted by Gasteiger charge is 2.22. The van der Waals surface area contributed by atoms with E-state index in [2.05, 4.69) is 20.6 Å². The van der Waals surface area contributed by atoms with E-state index >= 15 is 0 Å². The van der Waals surface area contributed by atoms with Crippen molar-refractivity contribution in [1.29, 1.82) is 0 Å². The quantitative estimate of drug-likeness (QED) is 0.311. The van der Waals surface area contributed by atoms with Crippen LogP contribution in [0.2, 0.25) is 0 Å². The van der Waals surface area contributed by atoms with Crippen molar-refractivity contribution in [2.75, 3.05) is 10.6 Å². The molecule has 132 valence electrons. The smallest absolute Gasteiger partial charge is 0.332 e. The molecule has 3 rings (SSSR count). The topological polar surface area (TPSA) is 133 Å². The maximum Gasteiger partial charge on any atom is 0.332 e. The third kappa shape index (κ3) is 3.78. The second kappa shape index (κ2) is 6.93. The summed E-state index contributed by atoms with van der Waals surface area (Å²) in [6, 6.07) is 12.3. The number of aromatic hydroxyl groups is 2. The van der Waals surface area contributed by atoms with Gasteiger partial charge in [0.05, 0.1) is 4.92 Å². The number of phenols is 2. The van der Waals surface area contributed by atoms with Crippen LogP contribution in [0.3, 0.4) is 0 Å². The van der Waals surface area contributed by atoms with Crippen LogP contribution in [0.15, 0.2) is 48.5 Å². The van der Waals surface area contributed by atoms with Gasteiger partial charge in [0, 0.05) is 11.4 Å². The zero-order valence-electron chi connectivity index (χ0n) is 13.7. The van der Waals surface area contributed by atoms with Gasteiger partial charge in [-0.1, -0.05) is 0 Å². The maximum atomic E-state index is 11.4. The molecule has 0 spiro atoms. The second-order valence-electron chi connectivity index (χ2n) is 5.43. The molecule has 26 heavy (non-hydrogen) atoms.